The van der Waals surface area contributed by atoms with Crippen LogP contribution in [0, 0.1) is 0 Å². The van der Waals surface area contributed by atoms with E-state index in [1.807, 2.05) is 6.08 Å². The number of unbranched alkanes of at least 4 members (excludes halogenated alkanes) is 44. The maximum Gasteiger partial charge on any atom is 0.220 e. The molecule has 1 amide bonds. The second kappa shape index (κ2) is 70.9. The Morgan fingerprint density at radius 1 is 0.363 bits per heavy atom. The number of hydrogen-bond acceptors (Lipinski definition) is 13. The van der Waals surface area contributed by atoms with Crippen molar-refractivity contribution in [1.82, 2.24) is 5.32 Å². The van der Waals surface area contributed by atoms with Gasteiger partial charge in [0.05, 0.1) is 32.0 Å². The molecule has 12 atom stereocenters. The molecular weight excluding hydrogens is 1280 g/mol. The minimum atomic E-state index is -1.79. The number of ether oxygens (including phenoxy) is 4. The third kappa shape index (κ3) is 52.8. The highest BCUT2D eigenvalue weighted by molar-refractivity contribution is 5.76. The number of amides is 1. The predicted molar refractivity (Wildman–Crippen MR) is 424 cm³/mol. The lowest BCUT2D eigenvalue weighted by molar-refractivity contribution is -0.359. The van der Waals surface area contributed by atoms with Gasteiger partial charge in [0.25, 0.3) is 0 Å². The van der Waals surface area contributed by atoms with Crippen molar-refractivity contribution in [3.8, 4) is 0 Å². The molecule has 0 aromatic heterocycles. The van der Waals surface area contributed by atoms with Crippen LogP contribution in [0.4, 0.5) is 0 Å². The van der Waals surface area contributed by atoms with Gasteiger partial charge in [-0.05, 0) is 77.0 Å². The maximum absolute atomic E-state index is 13.4. The molecule has 0 aliphatic carbocycles. The number of rotatable bonds is 71. The van der Waals surface area contributed by atoms with E-state index in [0.717, 1.165) is 83.5 Å². The second-order valence-corrected chi connectivity index (χ2v) is 29.6. The predicted octanol–water partition coefficient (Wildman–Crippen LogP) is 20.0. The normalized spacial score (nSPS) is 22.1. The molecule has 0 spiro atoms. The number of carbonyl (C=O) groups is 1. The molecule has 0 aromatic rings. The summed E-state index contributed by atoms with van der Waals surface area (Å²) >= 11 is 0. The van der Waals surface area contributed by atoms with Crippen molar-refractivity contribution >= 4 is 5.91 Å². The smallest absolute Gasteiger partial charge is 0.220 e. The number of allylic oxidation sites excluding steroid dienone is 15. The van der Waals surface area contributed by atoms with Crippen LogP contribution in [0.2, 0.25) is 0 Å². The lowest BCUT2D eigenvalue weighted by Crippen LogP contribution is -2.65. The highest BCUT2D eigenvalue weighted by Crippen LogP contribution is 2.30. The van der Waals surface area contributed by atoms with Crippen molar-refractivity contribution in [3.05, 3.63) is 97.2 Å². The van der Waals surface area contributed by atoms with Gasteiger partial charge in [-0.15, -0.1) is 0 Å². The van der Waals surface area contributed by atoms with Gasteiger partial charge in [0.2, 0.25) is 5.91 Å². The molecule has 2 heterocycles. The summed E-state index contributed by atoms with van der Waals surface area (Å²) in [6, 6.07) is -0.922. The highest BCUT2D eigenvalue weighted by Gasteiger charge is 2.51. The Kier molecular flexibility index (Phi) is 66.0. The Morgan fingerprint density at radius 2 is 0.676 bits per heavy atom. The van der Waals surface area contributed by atoms with Gasteiger partial charge in [-0.2, -0.15) is 0 Å². The molecule has 14 nitrogen and oxygen atoms in total. The molecule has 0 aromatic carbocycles. The van der Waals surface area contributed by atoms with Crippen molar-refractivity contribution in [2.45, 2.75) is 434 Å². The van der Waals surface area contributed by atoms with Crippen molar-refractivity contribution in [3.63, 3.8) is 0 Å². The molecule has 2 rings (SSSR count). The van der Waals surface area contributed by atoms with Crippen LogP contribution in [0.3, 0.4) is 0 Å². The third-order valence-corrected chi connectivity index (χ3v) is 20.3. The first-order valence-corrected chi connectivity index (χ1v) is 42.5. The Morgan fingerprint density at radius 3 is 1.04 bits per heavy atom. The first-order valence-electron chi connectivity index (χ1n) is 42.5. The van der Waals surface area contributed by atoms with Gasteiger partial charge in [0.1, 0.15) is 48.8 Å². The monoisotopic (exact) mass is 1440 g/mol. The van der Waals surface area contributed by atoms with Gasteiger partial charge < -0.3 is 65.1 Å². The average Bonchev–Trinajstić information content (AvgIpc) is 0.790. The summed E-state index contributed by atoms with van der Waals surface area (Å²) < 4.78 is 22.9. The first-order chi connectivity index (χ1) is 50.1. The van der Waals surface area contributed by atoms with Gasteiger partial charge in [0, 0.05) is 6.42 Å². The molecule has 2 aliphatic rings. The molecule has 2 fully saturated rings. The van der Waals surface area contributed by atoms with E-state index in [2.05, 4.69) is 104 Å². The number of nitrogens with one attached hydrogen (secondary N) is 1. The van der Waals surface area contributed by atoms with E-state index in [-0.39, 0.29) is 18.9 Å². The minimum absolute atomic E-state index is 0.237. The van der Waals surface area contributed by atoms with Crippen LogP contribution in [0.15, 0.2) is 97.2 Å². The molecule has 14 heteroatoms. The molecular formula is C88H157NO13. The van der Waals surface area contributed by atoms with E-state index in [0.29, 0.717) is 6.42 Å². The Balaban J connectivity index is 1.60. The van der Waals surface area contributed by atoms with Gasteiger partial charge >= 0.3 is 0 Å². The standard InChI is InChI=1S/C88H157NO13/c1-3-5-7-9-11-13-15-17-19-21-23-25-27-29-31-33-35-36-37-38-39-40-42-44-46-48-50-52-54-56-58-60-62-64-66-68-70-72-80(93)89-76(75-99-87-85(98)83(96)86(79(74-91)101-87)102-88-84(97)82(95)81(94)78(73-90)100-88)77(92)71-69-67-65-63-61-59-57-55-53-51-49-47-45-43-41-34-32-30-28-26-24-22-20-18-16-14-12-10-8-6-4-2/h5,7,11,13,17,19,23,25,29,31,35-36,38-39,69,71,76-79,81-88,90-92,94-98H,3-4,6,8-10,12,14-16,18,20-22,24,26-28,30,32-34,37,40-68,70,72-75H2,1-2H3,(H,89,93)/b7-5-,13-11-,19-17-,25-23-,31-29-,36-35-,39-38-,71-69+. The van der Waals surface area contributed by atoms with Crippen molar-refractivity contribution < 1.29 is 64.6 Å². The number of aliphatic hydroxyl groups excluding tert-OH is 8. The molecule has 102 heavy (non-hydrogen) atoms. The van der Waals surface area contributed by atoms with E-state index in [9.17, 15) is 45.6 Å². The Bertz CT molecular complexity index is 2090. The Labute approximate surface area is 623 Å². The van der Waals surface area contributed by atoms with Crippen LogP contribution < -0.4 is 5.32 Å². The summed E-state index contributed by atoms with van der Waals surface area (Å²) in [5.41, 5.74) is 0. The number of carbonyl (C=O) groups excluding carboxylic acids is 1. The van der Waals surface area contributed by atoms with Crippen molar-refractivity contribution in [1.29, 1.82) is 0 Å². The Hall–Kier alpha value is -3.09. The summed E-state index contributed by atoms with van der Waals surface area (Å²) in [5, 5.41) is 87.8. The van der Waals surface area contributed by atoms with E-state index in [1.54, 1.807) is 6.08 Å². The van der Waals surface area contributed by atoms with Crippen LogP contribution in [0.5, 0.6) is 0 Å². The minimum Gasteiger partial charge on any atom is -0.394 e. The first kappa shape index (κ1) is 95.0. The molecule has 2 saturated heterocycles. The fourth-order valence-electron chi connectivity index (χ4n) is 13.6. The zero-order valence-electron chi connectivity index (χ0n) is 65.1. The summed E-state index contributed by atoms with van der Waals surface area (Å²) in [6.07, 6.45) is 84.9. The SMILES string of the molecule is CC/C=C\C/C=C\C/C=C\C/C=C\C/C=C\C/C=C\C/C=C\CCCCCCCCCCCCCCCCCC(=O)NC(COC1OC(CO)C(OC2OC(CO)C(O)C(O)C2O)C(O)C1O)C(O)/C=C/CCCCCCCCCCCCCCCCCCCCCCCCCCCCCCC. The molecule has 0 radical (unpaired) electrons. The maximum atomic E-state index is 13.4. The van der Waals surface area contributed by atoms with Gasteiger partial charge in [-0.1, -0.05) is 374 Å². The molecule has 0 saturated carbocycles. The summed E-state index contributed by atoms with van der Waals surface area (Å²) in [6.45, 7) is 2.73. The second-order valence-electron chi connectivity index (χ2n) is 29.6. The van der Waals surface area contributed by atoms with Crippen LogP contribution in [0.1, 0.15) is 361 Å². The van der Waals surface area contributed by atoms with Crippen LogP contribution in [0.25, 0.3) is 0 Å². The van der Waals surface area contributed by atoms with Crippen LogP contribution in [-0.2, 0) is 23.7 Å². The van der Waals surface area contributed by atoms with Crippen LogP contribution in [-0.4, -0.2) is 140 Å². The number of hydrogen-bond donors (Lipinski definition) is 9. The molecule has 12 unspecified atom stereocenters. The van der Waals surface area contributed by atoms with E-state index < -0.39 is 86.8 Å². The summed E-state index contributed by atoms with van der Waals surface area (Å²) in [4.78, 5) is 13.4. The van der Waals surface area contributed by atoms with Crippen molar-refractivity contribution in [2.24, 2.45) is 0 Å². The van der Waals surface area contributed by atoms with Crippen molar-refractivity contribution in [2.75, 3.05) is 19.8 Å². The van der Waals surface area contributed by atoms with Gasteiger partial charge in [-0.3, -0.25) is 4.79 Å². The highest BCUT2D eigenvalue weighted by atomic mass is 16.7. The van der Waals surface area contributed by atoms with E-state index >= 15 is 0 Å². The van der Waals surface area contributed by atoms with E-state index in [1.165, 1.54) is 250 Å². The molecule has 2 aliphatic heterocycles. The average molecular weight is 1440 g/mol. The van der Waals surface area contributed by atoms with Crippen LogP contribution >= 0.6 is 0 Å². The quantitative estimate of drug-likeness (QED) is 0.0204. The summed E-state index contributed by atoms with van der Waals surface area (Å²) in [7, 11) is 0. The molecule has 592 valence electrons. The van der Waals surface area contributed by atoms with Gasteiger partial charge in [0.15, 0.2) is 12.6 Å². The summed E-state index contributed by atoms with van der Waals surface area (Å²) in [5.74, 6) is -0.237. The van der Waals surface area contributed by atoms with E-state index in [4.69, 9.17) is 18.9 Å². The largest absolute Gasteiger partial charge is 0.394 e. The lowest BCUT2D eigenvalue weighted by atomic mass is 9.97. The zero-order chi connectivity index (χ0) is 73.7. The molecule has 9 N–H and O–H groups in total. The topological polar surface area (TPSA) is 228 Å². The lowest BCUT2D eigenvalue weighted by Gasteiger charge is -2.46. The number of aliphatic hydroxyl groups is 8. The fourth-order valence-corrected chi connectivity index (χ4v) is 13.6. The zero-order valence-corrected chi connectivity index (χ0v) is 65.1. The fraction of sp³-hybridized carbons (Fsp3) is 0.807. The molecule has 0 bridgehead atoms. The third-order valence-electron chi connectivity index (χ3n) is 20.3. The van der Waals surface area contributed by atoms with Gasteiger partial charge in [-0.25, -0.2) is 0 Å².